The molecule has 0 unspecified atom stereocenters. The highest BCUT2D eigenvalue weighted by Gasteiger charge is 2.44. The molecule has 3 nitrogen and oxygen atoms in total. The summed E-state index contributed by atoms with van der Waals surface area (Å²) in [7, 11) is -2.03. The number of benzene rings is 1. The highest BCUT2D eigenvalue weighted by Crippen LogP contribution is 2.40. The molecule has 2 rings (SSSR count). The lowest BCUT2D eigenvalue weighted by atomic mass is 9.94. The van der Waals surface area contributed by atoms with E-state index in [-0.39, 0.29) is 10.8 Å². The van der Waals surface area contributed by atoms with Crippen LogP contribution < -0.4 is 0 Å². The van der Waals surface area contributed by atoms with Crippen molar-refractivity contribution < 1.29 is 14.3 Å². The second-order valence-corrected chi connectivity index (χ2v) is 13.9. The summed E-state index contributed by atoms with van der Waals surface area (Å²) in [6.07, 6.45) is 0.542. The van der Waals surface area contributed by atoms with Crippen molar-refractivity contribution in [2.24, 2.45) is 0 Å². The van der Waals surface area contributed by atoms with Gasteiger partial charge in [-0.25, -0.2) is 0 Å². The SMILES string of the molecule is CC1=C[C@H](O[Si](C)(C)C(C)(C)C)[C@@H](O)[C@H](Sc2ccccc2)C1=O. The number of hydrogen-bond acceptors (Lipinski definition) is 4. The monoisotopic (exact) mass is 364 g/mol. The van der Waals surface area contributed by atoms with Crippen LogP contribution in [0.1, 0.15) is 27.7 Å². The van der Waals surface area contributed by atoms with Crippen LogP contribution in [0.15, 0.2) is 46.9 Å². The van der Waals surface area contributed by atoms with Gasteiger partial charge in [0.25, 0.3) is 0 Å². The number of allylic oxidation sites excluding steroid dienone is 1. The van der Waals surface area contributed by atoms with Crippen molar-refractivity contribution >= 4 is 25.9 Å². The van der Waals surface area contributed by atoms with E-state index in [1.165, 1.54) is 11.8 Å². The van der Waals surface area contributed by atoms with Crippen molar-refractivity contribution in [1.29, 1.82) is 0 Å². The zero-order valence-electron chi connectivity index (χ0n) is 15.4. The van der Waals surface area contributed by atoms with E-state index < -0.39 is 25.8 Å². The number of carbonyl (C=O) groups is 1. The Hall–Kier alpha value is -0.883. The molecule has 24 heavy (non-hydrogen) atoms. The summed E-state index contributed by atoms with van der Waals surface area (Å²) in [5, 5.41) is 10.4. The highest BCUT2D eigenvalue weighted by atomic mass is 32.2. The summed E-state index contributed by atoms with van der Waals surface area (Å²) < 4.78 is 6.39. The molecule has 1 aliphatic rings. The maximum atomic E-state index is 12.6. The minimum absolute atomic E-state index is 0.00793. The van der Waals surface area contributed by atoms with Crippen molar-refractivity contribution in [2.45, 2.75) is 68.2 Å². The van der Waals surface area contributed by atoms with Crippen molar-refractivity contribution in [3.63, 3.8) is 0 Å². The Bertz CT molecular complexity index is 619. The highest BCUT2D eigenvalue weighted by molar-refractivity contribution is 8.00. The third-order valence-corrected chi connectivity index (χ3v) is 10.7. The van der Waals surface area contributed by atoms with Gasteiger partial charge in [-0.2, -0.15) is 0 Å². The van der Waals surface area contributed by atoms with Crippen molar-refractivity contribution in [3.8, 4) is 0 Å². The molecule has 1 N–H and O–H groups in total. The Morgan fingerprint density at radius 2 is 1.75 bits per heavy atom. The van der Waals surface area contributed by atoms with Crippen molar-refractivity contribution in [1.82, 2.24) is 0 Å². The molecule has 1 aromatic rings. The number of thioether (sulfide) groups is 1. The van der Waals surface area contributed by atoms with Gasteiger partial charge in [-0.3, -0.25) is 4.79 Å². The third kappa shape index (κ3) is 4.20. The summed E-state index contributed by atoms with van der Waals surface area (Å²) >= 11 is 1.42. The number of hydrogen-bond donors (Lipinski definition) is 1. The number of rotatable bonds is 4. The average Bonchev–Trinajstić information content (AvgIpc) is 2.49. The molecule has 1 aliphatic carbocycles. The van der Waals surface area contributed by atoms with Crippen LogP contribution in [-0.4, -0.2) is 36.7 Å². The average molecular weight is 365 g/mol. The van der Waals surface area contributed by atoms with Gasteiger partial charge in [0.1, 0.15) is 11.4 Å². The first-order chi connectivity index (χ1) is 11.0. The smallest absolute Gasteiger partial charge is 0.193 e. The molecule has 0 saturated heterocycles. The van der Waals surface area contributed by atoms with Crippen molar-refractivity contribution in [3.05, 3.63) is 42.0 Å². The lowest BCUT2D eigenvalue weighted by Gasteiger charge is -2.42. The Morgan fingerprint density at radius 1 is 1.17 bits per heavy atom. The van der Waals surface area contributed by atoms with Gasteiger partial charge in [0.05, 0.1) is 6.10 Å². The van der Waals surface area contributed by atoms with Crippen LogP contribution in [0.5, 0.6) is 0 Å². The first-order valence-corrected chi connectivity index (χ1v) is 12.1. The van der Waals surface area contributed by atoms with Gasteiger partial charge >= 0.3 is 0 Å². The van der Waals surface area contributed by atoms with E-state index in [1.807, 2.05) is 37.3 Å². The lowest BCUT2D eigenvalue weighted by Crippen LogP contribution is -2.52. The van der Waals surface area contributed by atoms with E-state index in [0.29, 0.717) is 5.57 Å². The van der Waals surface area contributed by atoms with Crippen LogP contribution in [-0.2, 0) is 9.22 Å². The normalized spacial score (nSPS) is 25.5. The Labute approximate surface area is 150 Å². The van der Waals surface area contributed by atoms with E-state index >= 15 is 0 Å². The molecule has 5 heteroatoms. The Balaban J connectivity index is 2.24. The number of carbonyl (C=O) groups excluding carboxylic acids is 1. The summed E-state index contributed by atoms with van der Waals surface area (Å²) in [6.45, 7) is 12.7. The number of aliphatic hydroxyl groups is 1. The molecule has 3 atom stereocenters. The van der Waals surface area contributed by atoms with Gasteiger partial charge in [-0.05, 0) is 48.8 Å². The molecule has 0 aliphatic heterocycles. The second kappa shape index (κ2) is 7.16. The molecule has 0 radical (unpaired) electrons. The summed E-state index contributed by atoms with van der Waals surface area (Å²) in [4.78, 5) is 13.5. The van der Waals surface area contributed by atoms with Gasteiger partial charge in [0.15, 0.2) is 14.1 Å². The first kappa shape index (κ1) is 19.4. The first-order valence-electron chi connectivity index (χ1n) is 8.33. The second-order valence-electron chi connectivity index (χ2n) is 7.90. The Morgan fingerprint density at radius 3 is 2.29 bits per heavy atom. The molecule has 0 amide bonds. The predicted molar refractivity (Wildman–Crippen MR) is 103 cm³/mol. The predicted octanol–water partition coefficient (Wildman–Crippen LogP) is 4.43. The molecule has 0 aromatic heterocycles. The van der Waals surface area contributed by atoms with Crippen LogP contribution in [0.2, 0.25) is 18.1 Å². The molecule has 0 spiro atoms. The summed E-state index contributed by atoms with van der Waals surface area (Å²) in [5.74, 6) is -0.00793. The Kier molecular flexibility index (Phi) is 5.80. The van der Waals surface area contributed by atoms with Crippen LogP contribution >= 0.6 is 11.8 Å². The fourth-order valence-corrected chi connectivity index (χ4v) is 4.80. The number of aliphatic hydroxyl groups excluding tert-OH is 1. The molecule has 1 aromatic carbocycles. The molecule has 0 fully saturated rings. The summed E-state index contributed by atoms with van der Waals surface area (Å²) in [6, 6.07) is 9.74. The van der Waals surface area contributed by atoms with Gasteiger partial charge in [0.2, 0.25) is 0 Å². The molecule has 132 valence electrons. The topological polar surface area (TPSA) is 46.5 Å². The zero-order valence-corrected chi connectivity index (χ0v) is 17.2. The number of Topliss-reactive ketones (excluding diaryl/α,β-unsaturated/α-hetero) is 1. The van der Waals surface area contributed by atoms with E-state index in [9.17, 15) is 9.90 Å². The van der Waals surface area contributed by atoms with Crippen LogP contribution in [0, 0.1) is 0 Å². The van der Waals surface area contributed by atoms with Gasteiger partial charge in [-0.1, -0.05) is 39.0 Å². The molecule has 0 saturated carbocycles. The maximum absolute atomic E-state index is 12.6. The minimum atomic E-state index is -2.03. The van der Waals surface area contributed by atoms with E-state index in [2.05, 4.69) is 33.9 Å². The van der Waals surface area contributed by atoms with Crippen LogP contribution in [0.3, 0.4) is 0 Å². The third-order valence-electron chi connectivity index (χ3n) is 4.95. The molecular weight excluding hydrogens is 336 g/mol. The van der Waals surface area contributed by atoms with E-state index in [4.69, 9.17) is 4.43 Å². The van der Waals surface area contributed by atoms with Gasteiger partial charge in [0, 0.05) is 4.90 Å². The summed E-state index contributed by atoms with van der Waals surface area (Å²) in [5.41, 5.74) is 0.678. The van der Waals surface area contributed by atoms with E-state index in [1.54, 1.807) is 6.08 Å². The lowest BCUT2D eigenvalue weighted by molar-refractivity contribution is -0.118. The largest absolute Gasteiger partial charge is 0.408 e. The molecule has 0 heterocycles. The minimum Gasteiger partial charge on any atom is -0.408 e. The maximum Gasteiger partial charge on any atom is 0.193 e. The van der Waals surface area contributed by atoms with Gasteiger partial charge in [-0.15, -0.1) is 11.8 Å². The van der Waals surface area contributed by atoms with Crippen molar-refractivity contribution in [2.75, 3.05) is 0 Å². The van der Waals surface area contributed by atoms with Gasteiger partial charge < -0.3 is 9.53 Å². The number of ketones is 1. The van der Waals surface area contributed by atoms with Crippen LogP contribution in [0.25, 0.3) is 0 Å². The zero-order chi connectivity index (χ0) is 18.1. The fraction of sp³-hybridized carbons (Fsp3) is 0.526. The fourth-order valence-electron chi connectivity index (χ4n) is 2.37. The van der Waals surface area contributed by atoms with E-state index in [0.717, 1.165) is 4.90 Å². The molecular formula is C19H28O3SSi. The van der Waals surface area contributed by atoms with Crippen LogP contribution in [0.4, 0.5) is 0 Å². The standard InChI is InChI=1S/C19H28O3SSi/c1-13-12-15(22-24(5,6)19(2,3)4)17(21)18(16(13)20)23-14-10-8-7-9-11-14/h7-12,15,17-18,21H,1-6H3/t15-,17+,18+/m0/s1. The quantitative estimate of drug-likeness (QED) is 0.803. The molecule has 0 bridgehead atoms.